The summed E-state index contributed by atoms with van der Waals surface area (Å²) in [6, 6.07) is 0. The number of nitrogens with two attached hydrogens (primary N) is 1. The molecule has 0 aromatic carbocycles. The van der Waals surface area contributed by atoms with Gasteiger partial charge in [-0.05, 0) is 37.5 Å². The number of nitrogens with one attached hydrogen (secondary N) is 1. The Morgan fingerprint density at radius 2 is 2.15 bits per heavy atom. The summed E-state index contributed by atoms with van der Waals surface area (Å²) in [5.74, 6) is 1.17. The molecular weight excluding hydrogens is 258 g/mol. The monoisotopic (exact) mass is 283 g/mol. The minimum absolute atomic E-state index is 0.00177. The Morgan fingerprint density at radius 1 is 1.45 bits per heavy atom. The molecule has 0 spiro atoms. The number of rotatable bonds is 4. The minimum atomic E-state index is -0.906. The zero-order valence-electron chi connectivity index (χ0n) is 12.1. The van der Waals surface area contributed by atoms with Crippen LogP contribution in [0.25, 0.3) is 0 Å². The molecule has 1 aliphatic carbocycles. The van der Waals surface area contributed by atoms with Crippen molar-refractivity contribution in [2.24, 2.45) is 28.1 Å². The number of oxime groups is 1. The Kier molecular flexibility index (Phi) is 4.86. The molecule has 20 heavy (non-hydrogen) atoms. The fourth-order valence-electron chi connectivity index (χ4n) is 3.33. The van der Waals surface area contributed by atoms with Crippen LogP contribution in [0.2, 0.25) is 0 Å². The van der Waals surface area contributed by atoms with Gasteiger partial charge >= 0.3 is 0 Å². The maximum Gasteiger partial charge on any atom is 0.234 e. The second-order valence-corrected chi connectivity index (χ2v) is 6.17. The highest BCUT2D eigenvalue weighted by atomic mass is 16.5. The summed E-state index contributed by atoms with van der Waals surface area (Å²) in [5.41, 5.74) is 4.87. The van der Waals surface area contributed by atoms with Gasteiger partial charge in [0.1, 0.15) is 5.41 Å². The Bertz CT molecular complexity index is 378. The second kappa shape index (κ2) is 6.43. The lowest BCUT2D eigenvalue weighted by atomic mass is 9.78. The molecule has 114 valence electrons. The van der Waals surface area contributed by atoms with E-state index in [2.05, 4.69) is 17.4 Å². The van der Waals surface area contributed by atoms with Crippen molar-refractivity contribution >= 4 is 11.7 Å². The third-order valence-electron chi connectivity index (χ3n) is 4.73. The van der Waals surface area contributed by atoms with E-state index in [-0.39, 0.29) is 11.7 Å². The first-order valence-electron chi connectivity index (χ1n) is 7.42. The zero-order chi connectivity index (χ0) is 14.6. The molecule has 6 nitrogen and oxygen atoms in total. The molecular formula is C14H25N3O3. The lowest BCUT2D eigenvalue weighted by Crippen LogP contribution is -2.53. The number of ether oxygens (including phenoxy) is 1. The number of hydrogen-bond donors (Lipinski definition) is 3. The number of hydrogen-bond acceptors (Lipinski definition) is 4. The Morgan fingerprint density at radius 3 is 2.70 bits per heavy atom. The van der Waals surface area contributed by atoms with Crippen LogP contribution in [0, 0.1) is 17.3 Å². The second-order valence-electron chi connectivity index (χ2n) is 6.17. The third-order valence-corrected chi connectivity index (χ3v) is 4.73. The predicted octanol–water partition coefficient (Wildman–Crippen LogP) is 1.08. The van der Waals surface area contributed by atoms with E-state index in [0.717, 1.165) is 5.92 Å². The molecule has 1 saturated carbocycles. The first kappa shape index (κ1) is 15.1. The highest BCUT2D eigenvalue weighted by molar-refractivity contribution is 6.06. The fourth-order valence-corrected chi connectivity index (χ4v) is 3.33. The van der Waals surface area contributed by atoms with Gasteiger partial charge in [-0.1, -0.05) is 18.5 Å². The van der Waals surface area contributed by atoms with Crippen molar-refractivity contribution in [2.75, 3.05) is 19.8 Å². The van der Waals surface area contributed by atoms with Crippen molar-refractivity contribution in [1.82, 2.24) is 5.32 Å². The Hall–Kier alpha value is -1.30. The molecule has 2 fully saturated rings. The molecule has 2 atom stereocenters. The highest BCUT2D eigenvalue weighted by Crippen LogP contribution is 2.33. The van der Waals surface area contributed by atoms with Crippen LogP contribution in [0.5, 0.6) is 0 Å². The molecule has 1 saturated heterocycles. The summed E-state index contributed by atoms with van der Waals surface area (Å²) >= 11 is 0. The number of carbonyl (C=O) groups is 1. The van der Waals surface area contributed by atoms with Crippen LogP contribution < -0.4 is 11.1 Å². The SMILES string of the molecule is CC1CCC(CNC(=O)C2(C(N)=NO)CCOCC2)C1. The Labute approximate surface area is 119 Å². The topological polar surface area (TPSA) is 96.9 Å². The summed E-state index contributed by atoms with van der Waals surface area (Å²) < 4.78 is 5.29. The van der Waals surface area contributed by atoms with Gasteiger partial charge in [-0.2, -0.15) is 0 Å². The van der Waals surface area contributed by atoms with E-state index < -0.39 is 5.41 Å². The number of amides is 1. The number of carbonyl (C=O) groups excluding carboxylic acids is 1. The van der Waals surface area contributed by atoms with Gasteiger partial charge < -0.3 is 21.0 Å². The van der Waals surface area contributed by atoms with E-state index in [9.17, 15) is 4.79 Å². The molecule has 1 amide bonds. The quantitative estimate of drug-likeness (QED) is 0.311. The lowest BCUT2D eigenvalue weighted by molar-refractivity contribution is -0.131. The highest BCUT2D eigenvalue weighted by Gasteiger charge is 2.44. The summed E-state index contributed by atoms with van der Waals surface area (Å²) in [4.78, 5) is 12.5. The minimum Gasteiger partial charge on any atom is -0.409 e. The van der Waals surface area contributed by atoms with Gasteiger partial charge in [0.05, 0.1) is 0 Å². The molecule has 2 rings (SSSR count). The molecule has 2 aliphatic rings. The average Bonchev–Trinajstić information content (AvgIpc) is 2.90. The Balaban J connectivity index is 1.96. The van der Waals surface area contributed by atoms with Crippen LogP contribution in [-0.2, 0) is 9.53 Å². The number of nitrogens with zero attached hydrogens (tertiary/aromatic N) is 1. The van der Waals surface area contributed by atoms with Crippen LogP contribution >= 0.6 is 0 Å². The van der Waals surface area contributed by atoms with Crippen LogP contribution in [-0.4, -0.2) is 36.7 Å². The van der Waals surface area contributed by atoms with Crippen molar-refractivity contribution in [2.45, 2.75) is 39.0 Å². The first-order chi connectivity index (χ1) is 9.58. The van der Waals surface area contributed by atoms with E-state index in [1.54, 1.807) is 0 Å². The van der Waals surface area contributed by atoms with Crippen molar-refractivity contribution < 1.29 is 14.7 Å². The molecule has 0 aromatic rings. The molecule has 6 heteroatoms. The van der Waals surface area contributed by atoms with Gasteiger partial charge in [-0.15, -0.1) is 0 Å². The zero-order valence-corrected chi connectivity index (χ0v) is 12.1. The van der Waals surface area contributed by atoms with Crippen LogP contribution in [0.3, 0.4) is 0 Å². The van der Waals surface area contributed by atoms with E-state index in [4.69, 9.17) is 15.7 Å². The molecule has 0 bridgehead atoms. The van der Waals surface area contributed by atoms with Crippen LogP contribution in [0.1, 0.15) is 39.0 Å². The summed E-state index contributed by atoms with van der Waals surface area (Å²) in [5, 5.41) is 15.0. The van der Waals surface area contributed by atoms with Crippen LogP contribution in [0.15, 0.2) is 5.16 Å². The summed E-state index contributed by atoms with van der Waals surface area (Å²) in [7, 11) is 0. The summed E-state index contributed by atoms with van der Waals surface area (Å²) in [6.07, 6.45) is 4.51. The maximum atomic E-state index is 12.5. The van der Waals surface area contributed by atoms with Crippen LogP contribution in [0.4, 0.5) is 0 Å². The largest absolute Gasteiger partial charge is 0.409 e. The van der Waals surface area contributed by atoms with Gasteiger partial charge in [0.15, 0.2) is 5.84 Å². The maximum absolute atomic E-state index is 12.5. The van der Waals surface area contributed by atoms with Crippen molar-refractivity contribution in [3.05, 3.63) is 0 Å². The van der Waals surface area contributed by atoms with Crippen molar-refractivity contribution in [3.63, 3.8) is 0 Å². The van der Waals surface area contributed by atoms with E-state index in [0.29, 0.717) is 38.5 Å². The molecule has 2 unspecified atom stereocenters. The fraction of sp³-hybridized carbons (Fsp3) is 0.857. The molecule has 1 heterocycles. The number of amidine groups is 1. The molecule has 4 N–H and O–H groups in total. The van der Waals surface area contributed by atoms with E-state index in [1.807, 2.05) is 0 Å². The first-order valence-corrected chi connectivity index (χ1v) is 7.42. The standard InChI is InChI=1S/C14H25N3O3/c1-10-2-3-11(8-10)9-16-13(18)14(12(15)17-19)4-6-20-7-5-14/h10-11,19H,2-9H2,1H3,(H2,15,17)(H,16,18). The van der Waals surface area contributed by atoms with Gasteiger partial charge in [0.2, 0.25) is 5.91 Å². The molecule has 1 aliphatic heterocycles. The van der Waals surface area contributed by atoms with Gasteiger partial charge in [0, 0.05) is 19.8 Å². The van der Waals surface area contributed by atoms with Crippen molar-refractivity contribution in [3.8, 4) is 0 Å². The smallest absolute Gasteiger partial charge is 0.234 e. The molecule has 0 aromatic heterocycles. The van der Waals surface area contributed by atoms with Gasteiger partial charge in [0.25, 0.3) is 0 Å². The van der Waals surface area contributed by atoms with E-state index >= 15 is 0 Å². The van der Waals surface area contributed by atoms with E-state index in [1.165, 1.54) is 19.3 Å². The normalized spacial score (nSPS) is 30.1. The third kappa shape index (κ3) is 3.06. The summed E-state index contributed by atoms with van der Waals surface area (Å²) in [6.45, 7) is 3.86. The van der Waals surface area contributed by atoms with Gasteiger partial charge in [-0.25, -0.2) is 0 Å². The van der Waals surface area contributed by atoms with Gasteiger partial charge in [-0.3, -0.25) is 4.79 Å². The molecule has 0 radical (unpaired) electrons. The van der Waals surface area contributed by atoms with Crippen molar-refractivity contribution in [1.29, 1.82) is 0 Å². The average molecular weight is 283 g/mol. The lowest BCUT2D eigenvalue weighted by Gasteiger charge is -2.34. The predicted molar refractivity (Wildman–Crippen MR) is 75.4 cm³/mol.